The van der Waals surface area contributed by atoms with Crippen molar-refractivity contribution < 1.29 is 14.3 Å². The van der Waals surface area contributed by atoms with Gasteiger partial charge in [0.2, 0.25) is 0 Å². The van der Waals surface area contributed by atoms with Gasteiger partial charge in [-0.05, 0) is 52.2 Å². The molecule has 4 heteroatoms. The van der Waals surface area contributed by atoms with Crippen LogP contribution in [0.4, 0.5) is 0 Å². The topological polar surface area (TPSA) is 35.5 Å². The van der Waals surface area contributed by atoms with E-state index in [2.05, 4.69) is 15.9 Å². The molecule has 25 heavy (non-hydrogen) atoms. The van der Waals surface area contributed by atoms with Gasteiger partial charge in [0.1, 0.15) is 11.5 Å². The van der Waals surface area contributed by atoms with E-state index in [4.69, 9.17) is 9.47 Å². The van der Waals surface area contributed by atoms with Crippen LogP contribution in [0, 0.1) is 6.92 Å². The summed E-state index contributed by atoms with van der Waals surface area (Å²) in [5.74, 6) is 0.677. The molecule has 0 aromatic heterocycles. The average molecular weight is 397 g/mol. The number of para-hydroxylation sites is 1. The van der Waals surface area contributed by atoms with E-state index in [1.807, 2.05) is 73.7 Å². The maximum Gasteiger partial charge on any atom is 0.349 e. The fourth-order valence-electron chi connectivity index (χ4n) is 2.43. The Morgan fingerprint density at radius 2 is 1.64 bits per heavy atom. The van der Waals surface area contributed by atoms with Crippen molar-refractivity contribution >= 4 is 21.9 Å². The molecular weight excluding hydrogens is 380 g/mol. The third kappa shape index (κ3) is 4.48. The highest BCUT2D eigenvalue weighted by molar-refractivity contribution is 9.10. The number of hydrogen-bond acceptors (Lipinski definition) is 3. The molecule has 0 aliphatic carbocycles. The van der Waals surface area contributed by atoms with E-state index in [9.17, 15) is 4.79 Å². The predicted molar refractivity (Wildman–Crippen MR) is 102 cm³/mol. The minimum atomic E-state index is -0.451. The summed E-state index contributed by atoms with van der Waals surface area (Å²) in [7, 11) is 0. The summed E-state index contributed by atoms with van der Waals surface area (Å²) in [4.78, 5) is 12.1. The van der Waals surface area contributed by atoms with Crippen LogP contribution in [0.5, 0.6) is 11.5 Å². The molecule has 0 saturated heterocycles. The molecule has 0 atom stereocenters. The van der Waals surface area contributed by atoms with Gasteiger partial charge in [-0.3, -0.25) is 0 Å². The SMILES string of the molecule is Cc1ccc(OC(=O)COc2ccccc2-c2ccccc2)c(Br)c1. The minimum Gasteiger partial charge on any atom is -0.481 e. The van der Waals surface area contributed by atoms with Gasteiger partial charge in [-0.1, -0.05) is 54.6 Å². The van der Waals surface area contributed by atoms with Crippen molar-refractivity contribution in [3.63, 3.8) is 0 Å². The predicted octanol–water partition coefficient (Wildman–Crippen LogP) is 5.41. The molecule has 0 aliphatic heterocycles. The van der Waals surface area contributed by atoms with Gasteiger partial charge in [0.15, 0.2) is 6.61 Å². The van der Waals surface area contributed by atoms with Crippen molar-refractivity contribution in [1.29, 1.82) is 0 Å². The highest BCUT2D eigenvalue weighted by atomic mass is 79.9. The first-order chi connectivity index (χ1) is 12.1. The van der Waals surface area contributed by atoms with Gasteiger partial charge in [0, 0.05) is 5.56 Å². The zero-order valence-corrected chi connectivity index (χ0v) is 15.3. The largest absolute Gasteiger partial charge is 0.481 e. The Morgan fingerprint density at radius 1 is 0.920 bits per heavy atom. The number of hydrogen-bond donors (Lipinski definition) is 0. The lowest BCUT2D eigenvalue weighted by atomic mass is 10.1. The lowest BCUT2D eigenvalue weighted by Crippen LogP contribution is -2.18. The maximum atomic E-state index is 12.1. The summed E-state index contributed by atoms with van der Waals surface area (Å²) in [6.45, 7) is 1.81. The number of carbonyl (C=O) groups is 1. The molecular formula is C21H17BrO3. The molecule has 0 amide bonds. The van der Waals surface area contributed by atoms with Crippen LogP contribution < -0.4 is 9.47 Å². The molecule has 0 fully saturated rings. The summed E-state index contributed by atoms with van der Waals surface area (Å²) >= 11 is 3.40. The first-order valence-electron chi connectivity index (χ1n) is 7.87. The molecule has 3 aromatic rings. The van der Waals surface area contributed by atoms with Gasteiger partial charge in [0.05, 0.1) is 4.47 Å². The summed E-state index contributed by atoms with van der Waals surface area (Å²) in [6.07, 6.45) is 0. The van der Waals surface area contributed by atoms with E-state index >= 15 is 0 Å². The second kappa shape index (κ2) is 7.99. The molecule has 0 radical (unpaired) electrons. The van der Waals surface area contributed by atoms with Gasteiger partial charge in [-0.2, -0.15) is 0 Å². The van der Waals surface area contributed by atoms with Crippen LogP contribution in [-0.4, -0.2) is 12.6 Å². The van der Waals surface area contributed by atoms with E-state index in [1.165, 1.54) is 0 Å². The van der Waals surface area contributed by atoms with Crippen molar-refractivity contribution in [2.45, 2.75) is 6.92 Å². The quantitative estimate of drug-likeness (QED) is 0.427. The Kier molecular flexibility index (Phi) is 5.51. The van der Waals surface area contributed by atoms with Crippen LogP contribution in [0.3, 0.4) is 0 Å². The molecule has 0 aliphatic rings. The summed E-state index contributed by atoms with van der Waals surface area (Å²) in [6, 6.07) is 23.1. The zero-order valence-electron chi connectivity index (χ0n) is 13.7. The monoisotopic (exact) mass is 396 g/mol. The number of esters is 1. The van der Waals surface area contributed by atoms with Crippen LogP contribution in [-0.2, 0) is 4.79 Å². The number of benzene rings is 3. The van der Waals surface area contributed by atoms with Crippen LogP contribution in [0.2, 0.25) is 0 Å². The second-order valence-electron chi connectivity index (χ2n) is 5.56. The standard InChI is InChI=1S/C21H17BrO3/c1-15-11-12-20(18(22)13-15)25-21(23)14-24-19-10-6-5-9-17(19)16-7-3-2-4-8-16/h2-13H,14H2,1H3. The van der Waals surface area contributed by atoms with E-state index in [1.54, 1.807) is 6.07 Å². The highest BCUT2D eigenvalue weighted by Crippen LogP contribution is 2.30. The molecule has 0 bridgehead atoms. The summed E-state index contributed by atoms with van der Waals surface area (Å²) < 4.78 is 11.8. The van der Waals surface area contributed by atoms with Crippen LogP contribution >= 0.6 is 15.9 Å². The Bertz CT molecular complexity index is 875. The second-order valence-corrected chi connectivity index (χ2v) is 6.41. The van der Waals surface area contributed by atoms with E-state index in [-0.39, 0.29) is 6.61 Å². The maximum absolute atomic E-state index is 12.1. The molecule has 126 valence electrons. The molecule has 0 spiro atoms. The normalized spacial score (nSPS) is 10.3. The van der Waals surface area contributed by atoms with Gasteiger partial charge in [-0.25, -0.2) is 4.79 Å². The fraction of sp³-hybridized carbons (Fsp3) is 0.0952. The van der Waals surface area contributed by atoms with Gasteiger partial charge in [0.25, 0.3) is 0 Å². The number of rotatable bonds is 5. The lowest BCUT2D eigenvalue weighted by Gasteiger charge is -2.12. The first-order valence-corrected chi connectivity index (χ1v) is 8.67. The molecule has 3 nitrogen and oxygen atoms in total. The van der Waals surface area contributed by atoms with Crippen molar-refractivity contribution in [3.05, 3.63) is 82.8 Å². The van der Waals surface area contributed by atoms with Crippen molar-refractivity contribution in [3.8, 4) is 22.6 Å². The molecule has 0 heterocycles. The molecule has 0 N–H and O–H groups in total. The van der Waals surface area contributed by atoms with Gasteiger partial charge < -0.3 is 9.47 Å². The van der Waals surface area contributed by atoms with Crippen LogP contribution in [0.1, 0.15) is 5.56 Å². The van der Waals surface area contributed by atoms with Crippen molar-refractivity contribution in [2.24, 2.45) is 0 Å². The van der Waals surface area contributed by atoms with E-state index in [0.717, 1.165) is 21.2 Å². The summed E-state index contributed by atoms with van der Waals surface area (Å²) in [5, 5.41) is 0. The van der Waals surface area contributed by atoms with Gasteiger partial charge >= 0.3 is 5.97 Å². The number of halogens is 1. The van der Waals surface area contributed by atoms with Crippen molar-refractivity contribution in [2.75, 3.05) is 6.61 Å². The van der Waals surface area contributed by atoms with Crippen molar-refractivity contribution in [1.82, 2.24) is 0 Å². The van der Waals surface area contributed by atoms with Crippen LogP contribution in [0.25, 0.3) is 11.1 Å². The van der Waals surface area contributed by atoms with E-state index in [0.29, 0.717) is 11.5 Å². The minimum absolute atomic E-state index is 0.163. The molecule has 0 unspecified atom stereocenters. The molecule has 3 aromatic carbocycles. The highest BCUT2D eigenvalue weighted by Gasteiger charge is 2.11. The van der Waals surface area contributed by atoms with E-state index < -0.39 is 5.97 Å². The Labute approximate surface area is 155 Å². The first kappa shape index (κ1) is 17.2. The molecule has 3 rings (SSSR count). The number of aryl methyl sites for hydroxylation is 1. The summed E-state index contributed by atoms with van der Waals surface area (Å²) in [5.41, 5.74) is 3.06. The smallest absolute Gasteiger partial charge is 0.349 e. The number of ether oxygens (including phenoxy) is 2. The average Bonchev–Trinajstić information content (AvgIpc) is 2.63. The van der Waals surface area contributed by atoms with Crippen LogP contribution in [0.15, 0.2) is 77.3 Å². The number of carbonyl (C=O) groups excluding carboxylic acids is 1. The van der Waals surface area contributed by atoms with Gasteiger partial charge in [-0.15, -0.1) is 0 Å². The molecule has 0 saturated carbocycles. The Hall–Kier alpha value is -2.59. The third-order valence-corrected chi connectivity index (χ3v) is 4.25. The Morgan fingerprint density at radius 3 is 2.40 bits per heavy atom. The zero-order chi connectivity index (χ0) is 17.6. The fourth-order valence-corrected chi connectivity index (χ4v) is 3.00. The lowest BCUT2D eigenvalue weighted by molar-refractivity contribution is -0.136. The third-order valence-electron chi connectivity index (χ3n) is 3.63. The Balaban J connectivity index is 1.69.